The molecule has 0 saturated heterocycles. The van der Waals surface area contributed by atoms with Crippen LogP contribution in [-0.4, -0.2) is 22.2 Å². The first-order valence-corrected chi connectivity index (χ1v) is 8.10. The van der Waals surface area contributed by atoms with Crippen molar-refractivity contribution in [2.75, 3.05) is 6.54 Å². The minimum atomic E-state index is -0.383. The maximum Gasteiger partial charge on any atom is 0.407 e. The van der Waals surface area contributed by atoms with Crippen molar-refractivity contribution in [2.45, 2.75) is 26.5 Å². The van der Waals surface area contributed by atoms with E-state index in [2.05, 4.69) is 20.9 Å². The molecule has 3 aromatic rings. The third-order valence-corrected chi connectivity index (χ3v) is 3.89. The van der Waals surface area contributed by atoms with Crippen LogP contribution in [0.4, 0.5) is 4.79 Å². The van der Waals surface area contributed by atoms with Gasteiger partial charge in [-0.1, -0.05) is 42.5 Å². The Balaban J connectivity index is 1.43. The maximum atomic E-state index is 11.7. The smallest absolute Gasteiger partial charge is 0.407 e. The van der Waals surface area contributed by atoms with Crippen LogP contribution in [0.2, 0.25) is 0 Å². The number of alkyl carbamates (subject to hydrolysis) is 1. The van der Waals surface area contributed by atoms with Crippen molar-refractivity contribution in [3.63, 3.8) is 0 Å². The molecule has 3 rings (SSSR count). The number of aryl methyl sites for hydroxylation is 2. The standard InChI is InChI=1S/C19H21N3O2/c1-15-21-17-10-5-6-11-18(17)22(15)13-7-12-20-19(23)24-14-16-8-3-2-4-9-16/h2-6,8-11H,7,12-14H2,1H3,(H,20,23). The summed E-state index contributed by atoms with van der Waals surface area (Å²) in [6.07, 6.45) is 0.438. The number of rotatable bonds is 6. The van der Waals surface area contributed by atoms with Gasteiger partial charge in [0.15, 0.2) is 0 Å². The van der Waals surface area contributed by atoms with Gasteiger partial charge in [-0.15, -0.1) is 0 Å². The molecule has 1 heterocycles. The molecule has 0 fully saturated rings. The van der Waals surface area contributed by atoms with E-state index in [9.17, 15) is 4.79 Å². The number of ether oxygens (including phenoxy) is 1. The Morgan fingerprint density at radius 2 is 1.88 bits per heavy atom. The molecule has 0 aliphatic rings. The van der Waals surface area contributed by atoms with E-state index in [1.54, 1.807) is 0 Å². The van der Waals surface area contributed by atoms with E-state index in [0.29, 0.717) is 6.54 Å². The van der Waals surface area contributed by atoms with Gasteiger partial charge in [0, 0.05) is 13.1 Å². The summed E-state index contributed by atoms with van der Waals surface area (Å²) in [6.45, 7) is 3.67. The average Bonchev–Trinajstić information content (AvgIpc) is 2.93. The van der Waals surface area contributed by atoms with Gasteiger partial charge in [-0.2, -0.15) is 0 Å². The Morgan fingerprint density at radius 1 is 1.12 bits per heavy atom. The van der Waals surface area contributed by atoms with Crippen molar-refractivity contribution in [1.29, 1.82) is 0 Å². The van der Waals surface area contributed by atoms with Crippen LogP contribution in [-0.2, 0) is 17.9 Å². The van der Waals surface area contributed by atoms with Crippen molar-refractivity contribution in [2.24, 2.45) is 0 Å². The number of nitrogens with zero attached hydrogens (tertiary/aromatic N) is 2. The summed E-state index contributed by atoms with van der Waals surface area (Å²) in [4.78, 5) is 16.2. The van der Waals surface area contributed by atoms with Gasteiger partial charge in [-0.3, -0.25) is 0 Å². The van der Waals surface area contributed by atoms with Gasteiger partial charge < -0.3 is 14.6 Å². The molecule has 1 N–H and O–H groups in total. The summed E-state index contributed by atoms with van der Waals surface area (Å²) in [7, 11) is 0. The lowest BCUT2D eigenvalue weighted by molar-refractivity contribution is 0.139. The molecule has 2 aromatic carbocycles. The highest BCUT2D eigenvalue weighted by Crippen LogP contribution is 2.15. The van der Waals surface area contributed by atoms with E-state index in [1.807, 2.05) is 55.5 Å². The molecule has 24 heavy (non-hydrogen) atoms. The predicted octanol–water partition coefficient (Wildman–Crippen LogP) is 3.66. The number of aromatic nitrogens is 2. The second-order valence-electron chi connectivity index (χ2n) is 5.64. The van der Waals surface area contributed by atoms with Crippen molar-refractivity contribution in [3.8, 4) is 0 Å². The lowest BCUT2D eigenvalue weighted by atomic mass is 10.2. The lowest BCUT2D eigenvalue weighted by Crippen LogP contribution is -2.26. The lowest BCUT2D eigenvalue weighted by Gasteiger charge is -2.09. The fourth-order valence-electron chi connectivity index (χ4n) is 2.68. The molecule has 0 bridgehead atoms. The summed E-state index contributed by atoms with van der Waals surface area (Å²) < 4.78 is 7.36. The van der Waals surface area contributed by atoms with Crippen LogP contribution in [0.15, 0.2) is 54.6 Å². The van der Waals surface area contributed by atoms with E-state index in [4.69, 9.17) is 4.74 Å². The van der Waals surface area contributed by atoms with Crippen LogP contribution in [0.1, 0.15) is 17.8 Å². The van der Waals surface area contributed by atoms with Crippen LogP contribution in [0.3, 0.4) is 0 Å². The number of fused-ring (bicyclic) bond motifs is 1. The van der Waals surface area contributed by atoms with Crippen molar-refractivity contribution in [3.05, 3.63) is 66.0 Å². The number of nitrogens with one attached hydrogen (secondary N) is 1. The zero-order valence-electron chi connectivity index (χ0n) is 13.7. The molecule has 1 amide bonds. The van der Waals surface area contributed by atoms with E-state index >= 15 is 0 Å². The summed E-state index contributed by atoms with van der Waals surface area (Å²) in [5.41, 5.74) is 3.11. The SMILES string of the molecule is Cc1nc2ccccc2n1CCCNC(=O)OCc1ccccc1. The molecule has 0 aliphatic heterocycles. The molecular weight excluding hydrogens is 302 g/mol. The van der Waals surface area contributed by atoms with Crippen molar-refractivity contribution >= 4 is 17.1 Å². The average molecular weight is 323 g/mol. The second kappa shape index (κ2) is 7.64. The Labute approximate surface area is 141 Å². The number of hydrogen-bond donors (Lipinski definition) is 1. The number of imidazole rings is 1. The highest BCUT2D eigenvalue weighted by atomic mass is 16.5. The van der Waals surface area contributed by atoms with E-state index in [-0.39, 0.29) is 12.7 Å². The number of carbonyl (C=O) groups excluding carboxylic acids is 1. The van der Waals surface area contributed by atoms with Crippen LogP contribution < -0.4 is 5.32 Å². The first-order valence-electron chi connectivity index (χ1n) is 8.10. The Bertz CT molecular complexity index is 812. The second-order valence-corrected chi connectivity index (χ2v) is 5.64. The van der Waals surface area contributed by atoms with E-state index in [0.717, 1.165) is 35.4 Å². The zero-order valence-corrected chi connectivity index (χ0v) is 13.7. The fourth-order valence-corrected chi connectivity index (χ4v) is 2.68. The Hall–Kier alpha value is -2.82. The molecule has 5 nitrogen and oxygen atoms in total. The highest BCUT2D eigenvalue weighted by molar-refractivity contribution is 5.75. The molecule has 1 aromatic heterocycles. The van der Waals surface area contributed by atoms with Gasteiger partial charge in [0.05, 0.1) is 11.0 Å². The normalized spacial score (nSPS) is 10.7. The third-order valence-electron chi connectivity index (χ3n) is 3.89. The molecule has 0 saturated carbocycles. The first-order chi connectivity index (χ1) is 11.7. The molecule has 0 unspecified atom stereocenters. The zero-order chi connectivity index (χ0) is 16.8. The van der Waals surface area contributed by atoms with Gasteiger partial charge >= 0.3 is 6.09 Å². The van der Waals surface area contributed by atoms with E-state index in [1.165, 1.54) is 0 Å². The minimum absolute atomic E-state index is 0.290. The van der Waals surface area contributed by atoms with Crippen molar-refractivity contribution in [1.82, 2.24) is 14.9 Å². The molecular formula is C19H21N3O2. The number of hydrogen-bond acceptors (Lipinski definition) is 3. The number of carbonyl (C=O) groups is 1. The largest absolute Gasteiger partial charge is 0.445 e. The molecule has 0 spiro atoms. The van der Waals surface area contributed by atoms with Crippen LogP contribution >= 0.6 is 0 Å². The maximum absolute atomic E-state index is 11.7. The molecule has 0 aliphatic carbocycles. The fraction of sp³-hybridized carbons (Fsp3) is 0.263. The summed E-state index contributed by atoms with van der Waals surface area (Å²) in [5, 5.41) is 2.79. The number of para-hydroxylation sites is 2. The van der Waals surface area contributed by atoms with Gasteiger partial charge in [0.25, 0.3) is 0 Å². The molecule has 0 atom stereocenters. The van der Waals surface area contributed by atoms with E-state index < -0.39 is 0 Å². The summed E-state index contributed by atoms with van der Waals surface area (Å²) in [6, 6.07) is 17.7. The molecule has 124 valence electrons. The summed E-state index contributed by atoms with van der Waals surface area (Å²) >= 11 is 0. The van der Waals surface area contributed by atoms with Crippen molar-refractivity contribution < 1.29 is 9.53 Å². The predicted molar refractivity (Wildman–Crippen MR) is 93.7 cm³/mol. The monoisotopic (exact) mass is 323 g/mol. The highest BCUT2D eigenvalue weighted by Gasteiger charge is 2.07. The van der Waals surface area contributed by atoms with Crippen LogP contribution in [0, 0.1) is 6.92 Å². The van der Waals surface area contributed by atoms with Gasteiger partial charge in [0.2, 0.25) is 0 Å². The minimum Gasteiger partial charge on any atom is -0.445 e. The first kappa shape index (κ1) is 16.1. The third kappa shape index (κ3) is 3.93. The molecule has 5 heteroatoms. The Morgan fingerprint density at radius 3 is 2.71 bits per heavy atom. The van der Waals surface area contributed by atoms with Crippen LogP contribution in [0.5, 0.6) is 0 Å². The van der Waals surface area contributed by atoms with Gasteiger partial charge in [0.1, 0.15) is 12.4 Å². The topological polar surface area (TPSA) is 56.2 Å². The Kier molecular flexibility index (Phi) is 5.11. The quantitative estimate of drug-likeness (QED) is 0.704. The van der Waals surface area contributed by atoms with Crippen LogP contribution in [0.25, 0.3) is 11.0 Å². The molecule has 0 radical (unpaired) electrons. The number of benzene rings is 2. The number of amides is 1. The van der Waals surface area contributed by atoms with Gasteiger partial charge in [-0.25, -0.2) is 9.78 Å². The van der Waals surface area contributed by atoms with Gasteiger partial charge in [-0.05, 0) is 31.0 Å². The summed E-state index contributed by atoms with van der Waals surface area (Å²) in [5.74, 6) is 0.989.